The van der Waals surface area contributed by atoms with Crippen LogP contribution >= 0.6 is 0 Å². The minimum absolute atomic E-state index is 0.164. The molecule has 1 saturated carbocycles. The smallest absolute Gasteiger partial charge is 0.410 e. The highest BCUT2D eigenvalue weighted by Gasteiger charge is 2.33. The number of hydrogen-bond donors (Lipinski definition) is 1. The van der Waals surface area contributed by atoms with Crippen molar-refractivity contribution in [2.24, 2.45) is 0 Å². The summed E-state index contributed by atoms with van der Waals surface area (Å²) in [5.41, 5.74) is 2.26. The third kappa shape index (κ3) is 7.15. The Kier molecular flexibility index (Phi) is 7.90. The molecule has 2 aliphatic rings. The summed E-state index contributed by atoms with van der Waals surface area (Å²) < 4.78 is 22.2. The van der Waals surface area contributed by atoms with Crippen LogP contribution in [0.1, 0.15) is 51.3 Å². The maximum absolute atomic E-state index is 13.2. The van der Waals surface area contributed by atoms with Gasteiger partial charge in [-0.2, -0.15) is 0 Å². The van der Waals surface area contributed by atoms with Crippen LogP contribution in [0.4, 0.5) is 4.79 Å². The average molecular weight is 510 g/mol. The van der Waals surface area contributed by atoms with Gasteiger partial charge in [0.25, 0.3) is 0 Å². The summed E-state index contributed by atoms with van der Waals surface area (Å²) in [5.74, 6) is 1.62. The molecule has 4 rings (SSSR count). The summed E-state index contributed by atoms with van der Waals surface area (Å²) in [6, 6.07) is 11.2. The summed E-state index contributed by atoms with van der Waals surface area (Å²) in [7, 11) is 3.20. The number of carbonyl (C=O) groups is 2. The quantitative estimate of drug-likeness (QED) is 0.565. The Morgan fingerprint density at radius 3 is 2.41 bits per heavy atom. The normalized spacial score (nSPS) is 15.8. The van der Waals surface area contributed by atoms with E-state index in [0.717, 1.165) is 24.0 Å². The Hall–Kier alpha value is -3.75. The first-order chi connectivity index (χ1) is 17.6. The molecule has 0 spiro atoms. The molecule has 1 aromatic carbocycles. The molecule has 0 unspecified atom stereocenters. The molecule has 1 N–H and O–H groups in total. The van der Waals surface area contributed by atoms with Crippen molar-refractivity contribution in [2.45, 2.75) is 58.3 Å². The molecule has 9 nitrogen and oxygen atoms in total. The number of hydrogen-bond acceptors (Lipinski definition) is 7. The molecular formula is C28H35N3O6. The van der Waals surface area contributed by atoms with Gasteiger partial charge in [0.05, 0.1) is 26.5 Å². The van der Waals surface area contributed by atoms with E-state index in [1.165, 1.54) is 0 Å². The molecule has 0 atom stereocenters. The predicted octanol–water partition coefficient (Wildman–Crippen LogP) is 4.35. The molecule has 2 aromatic rings. The van der Waals surface area contributed by atoms with Crippen molar-refractivity contribution >= 4 is 17.6 Å². The van der Waals surface area contributed by atoms with Gasteiger partial charge in [0.1, 0.15) is 23.7 Å². The number of carbonyl (C=O) groups excluding carboxylic acids is 2. The minimum Gasteiger partial charge on any atom is -0.497 e. The van der Waals surface area contributed by atoms with Crippen molar-refractivity contribution in [1.82, 2.24) is 15.2 Å². The third-order valence-corrected chi connectivity index (χ3v) is 6.01. The highest BCUT2D eigenvalue weighted by Crippen LogP contribution is 2.30. The molecule has 1 aliphatic heterocycles. The van der Waals surface area contributed by atoms with E-state index in [1.54, 1.807) is 31.3 Å². The van der Waals surface area contributed by atoms with Gasteiger partial charge < -0.3 is 29.2 Å². The minimum atomic E-state index is -0.614. The second kappa shape index (κ2) is 11.1. The first kappa shape index (κ1) is 26.3. The van der Waals surface area contributed by atoms with Crippen molar-refractivity contribution in [3.8, 4) is 17.4 Å². The molecule has 1 aromatic heterocycles. The summed E-state index contributed by atoms with van der Waals surface area (Å²) in [6.07, 6.45) is 2.00. The van der Waals surface area contributed by atoms with Gasteiger partial charge in [-0.15, -0.1) is 0 Å². The third-order valence-electron chi connectivity index (χ3n) is 6.01. The van der Waals surface area contributed by atoms with Gasteiger partial charge >= 0.3 is 6.09 Å². The zero-order chi connectivity index (χ0) is 26.6. The fourth-order valence-electron chi connectivity index (χ4n) is 4.01. The number of ether oxygens (including phenoxy) is 4. The Balaban J connectivity index is 1.55. The van der Waals surface area contributed by atoms with Crippen LogP contribution in [0.25, 0.3) is 5.57 Å². The first-order valence-electron chi connectivity index (χ1n) is 12.5. The second-order valence-electron chi connectivity index (χ2n) is 10.2. The highest BCUT2D eigenvalue weighted by molar-refractivity contribution is 6.02. The van der Waals surface area contributed by atoms with E-state index in [-0.39, 0.29) is 25.1 Å². The maximum atomic E-state index is 13.2. The van der Waals surface area contributed by atoms with Gasteiger partial charge in [0.15, 0.2) is 0 Å². The first-order valence-corrected chi connectivity index (χ1v) is 12.5. The fraction of sp³-hybridized carbons (Fsp3) is 0.464. The van der Waals surface area contributed by atoms with Gasteiger partial charge in [-0.25, -0.2) is 9.78 Å². The number of amides is 2. The summed E-state index contributed by atoms with van der Waals surface area (Å²) in [4.78, 5) is 32.2. The van der Waals surface area contributed by atoms with Gasteiger partial charge in [-0.3, -0.25) is 4.79 Å². The van der Waals surface area contributed by atoms with Gasteiger partial charge in [0, 0.05) is 30.3 Å². The van der Waals surface area contributed by atoms with Crippen molar-refractivity contribution in [3.63, 3.8) is 0 Å². The number of rotatable bonds is 8. The topological polar surface area (TPSA) is 99.2 Å². The molecule has 2 heterocycles. The standard InChI is InChI=1S/C28H35N3O6/c1-28(2,3)37-27(33)31-12-11-22(23(16-31)26(32)29-19-9-10-19)24-7-6-8-25(30-24)36-17-18-13-20(34-4)15-21(14-18)35-5/h6-8,13-15,19H,9-12,16-17H2,1-5H3,(H,29,32). The van der Waals surface area contributed by atoms with Crippen molar-refractivity contribution in [2.75, 3.05) is 27.3 Å². The summed E-state index contributed by atoms with van der Waals surface area (Å²) in [6.45, 7) is 6.35. The van der Waals surface area contributed by atoms with E-state index in [2.05, 4.69) is 5.32 Å². The van der Waals surface area contributed by atoms with E-state index in [4.69, 9.17) is 23.9 Å². The largest absolute Gasteiger partial charge is 0.497 e. The SMILES string of the molecule is COc1cc(COc2cccc(C3=C(C(=O)NC4CC4)CN(C(=O)OC(C)(C)C)CC3)n2)cc(OC)c1. The lowest BCUT2D eigenvalue weighted by Gasteiger charge is -2.32. The van der Waals surface area contributed by atoms with E-state index in [9.17, 15) is 9.59 Å². The van der Waals surface area contributed by atoms with Crippen LogP contribution in [-0.4, -0.2) is 60.8 Å². The molecule has 9 heteroatoms. The van der Waals surface area contributed by atoms with Crippen molar-refractivity contribution in [1.29, 1.82) is 0 Å². The summed E-state index contributed by atoms with van der Waals surface area (Å²) >= 11 is 0. The predicted molar refractivity (Wildman–Crippen MR) is 139 cm³/mol. The van der Waals surface area contributed by atoms with E-state index in [0.29, 0.717) is 41.6 Å². The van der Waals surface area contributed by atoms with Crippen LogP contribution in [0, 0.1) is 0 Å². The van der Waals surface area contributed by atoms with Crippen molar-refractivity contribution in [3.05, 3.63) is 53.2 Å². The number of pyridine rings is 1. The highest BCUT2D eigenvalue weighted by atomic mass is 16.6. The summed E-state index contributed by atoms with van der Waals surface area (Å²) in [5, 5.41) is 3.06. The van der Waals surface area contributed by atoms with Crippen molar-refractivity contribution < 1.29 is 28.5 Å². The van der Waals surface area contributed by atoms with Crippen LogP contribution in [0.3, 0.4) is 0 Å². The molecule has 0 radical (unpaired) electrons. The zero-order valence-electron chi connectivity index (χ0n) is 22.1. The molecule has 0 bridgehead atoms. The number of methoxy groups -OCH3 is 2. The zero-order valence-corrected chi connectivity index (χ0v) is 22.1. The van der Waals surface area contributed by atoms with Crippen LogP contribution in [0.5, 0.6) is 17.4 Å². The fourth-order valence-corrected chi connectivity index (χ4v) is 4.01. The van der Waals surface area contributed by atoms with E-state index < -0.39 is 11.7 Å². The molecule has 2 amide bonds. The number of nitrogens with one attached hydrogen (secondary N) is 1. The Bertz CT molecular complexity index is 1160. The van der Waals surface area contributed by atoms with Gasteiger partial charge in [-0.05, 0) is 69.4 Å². The molecular weight excluding hydrogens is 474 g/mol. The van der Waals surface area contributed by atoms with Gasteiger partial charge in [-0.1, -0.05) is 6.07 Å². The van der Waals surface area contributed by atoms with E-state index in [1.807, 2.05) is 45.0 Å². The lowest BCUT2D eigenvalue weighted by atomic mass is 9.96. The number of aromatic nitrogens is 1. The van der Waals surface area contributed by atoms with Crippen LogP contribution < -0.4 is 19.5 Å². The van der Waals surface area contributed by atoms with Gasteiger partial charge in [0.2, 0.25) is 11.8 Å². The molecule has 198 valence electrons. The molecule has 1 aliphatic carbocycles. The lowest BCUT2D eigenvalue weighted by Crippen LogP contribution is -2.43. The molecule has 1 fully saturated rings. The molecule has 0 saturated heterocycles. The average Bonchev–Trinajstić information content (AvgIpc) is 3.70. The Labute approximate surface area is 217 Å². The maximum Gasteiger partial charge on any atom is 0.410 e. The number of nitrogens with zero attached hydrogens (tertiary/aromatic N) is 2. The number of benzene rings is 1. The van der Waals surface area contributed by atoms with Crippen LogP contribution in [0.15, 0.2) is 42.0 Å². The lowest BCUT2D eigenvalue weighted by molar-refractivity contribution is -0.117. The van der Waals surface area contributed by atoms with Crippen LogP contribution in [-0.2, 0) is 16.1 Å². The molecule has 37 heavy (non-hydrogen) atoms. The Morgan fingerprint density at radius 2 is 1.78 bits per heavy atom. The monoisotopic (exact) mass is 509 g/mol. The Morgan fingerprint density at radius 1 is 1.08 bits per heavy atom. The van der Waals surface area contributed by atoms with E-state index >= 15 is 0 Å². The van der Waals surface area contributed by atoms with Crippen LogP contribution in [0.2, 0.25) is 0 Å². The second-order valence-corrected chi connectivity index (χ2v) is 10.2.